The third kappa shape index (κ3) is 5.51. The lowest BCUT2D eigenvalue weighted by Gasteiger charge is -2.11. The largest absolute Gasteiger partial charge is 0.478 e. The number of aromatic carboxylic acids is 1. The van der Waals surface area contributed by atoms with Crippen molar-refractivity contribution in [3.8, 4) is 0 Å². The number of esters is 1. The monoisotopic (exact) mass is 306 g/mol. The number of ether oxygens (including phenoxy) is 1. The molecule has 1 N–H and O–H groups in total. The van der Waals surface area contributed by atoms with E-state index in [9.17, 15) is 14.7 Å². The molecule has 0 amide bonds. The summed E-state index contributed by atoms with van der Waals surface area (Å²) in [6.45, 7) is 4.51. The summed E-state index contributed by atoms with van der Waals surface area (Å²) >= 11 is 0. The van der Waals surface area contributed by atoms with Gasteiger partial charge >= 0.3 is 11.9 Å². The van der Waals surface area contributed by atoms with Crippen molar-refractivity contribution >= 4 is 11.9 Å². The second-order valence-corrected chi connectivity index (χ2v) is 5.44. The molecule has 122 valence electrons. The number of rotatable bonds is 10. The summed E-state index contributed by atoms with van der Waals surface area (Å²) in [5.41, 5.74) is 0.973. The van der Waals surface area contributed by atoms with Crippen molar-refractivity contribution in [2.45, 2.75) is 58.8 Å². The van der Waals surface area contributed by atoms with Crippen LogP contribution in [0.5, 0.6) is 0 Å². The van der Waals surface area contributed by atoms with Crippen molar-refractivity contribution in [2.24, 2.45) is 0 Å². The van der Waals surface area contributed by atoms with Gasteiger partial charge < -0.3 is 9.84 Å². The van der Waals surface area contributed by atoms with Crippen LogP contribution in [0.1, 0.15) is 78.7 Å². The third-order valence-corrected chi connectivity index (χ3v) is 3.62. The highest BCUT2D eigenvalue weighted by Crippen LogP contribution is 2.19. The molecule has 1 aromatic rings. The number of hydrogen-bond acceptors (Lipinski definition) is 3. The quantitative estimate of drug-likeness (QED) is 0.512. The second-order valence-electron chi connectivity index (χ2n) is 5.44. The number of carbonyl (C=O) groups is 2. The van der Waals surface area contributed by atoms with Gasteiger partial charge in [0, 0.05) is 0 Å². The van der Waals surface area contributed by atoms with E-state index in [4.69, 9.17) is 4.74 Å². The van der Waals surface area contributed by atoms with Crippen LogP contribution in [0, 0.1) is 0 Å². The number of hydrogen-bond donors (Lipinski definition) is 1. The normalized spacial score (nSPS) is 10.5. The zero-order chi connectivity index (χ0) is 16.4. The second kappa shape index (κ2) is 9.98. The molecule has 4 heteroatoms. The van der Waals surface area contributed by atoms with Crippen LogP contribution in [0.3, 0.4) is 0 Å². The number of carboxylic acids is 1. The van der Waals surface area contributed by atoms with Gasteiger partial charge in [-0.15, -0.1) is 0 Å². The van der Waals surface area contributed by atoms with E-state index < -0.39 is 11.9 Å². The van der Waals surface area contributed by atoms with Crippen LogP contribution in [-0.4, -0.2) is 23.7 Å². The molecule has 0 aliphatic carbocycles. The molecular formula is C18H26O4. The molecule has 0 bridgehead atoms. The zero-order valence-electron chi connectivity index (χ0n) is 13.6. The van der Waals surface area contributed by atoms with Crippen molar-refractivity contribution in [2.75, 3.05) is 6.61 Å². The highest BCUT2D eigenvalue weighted by molar-refractivity contribution is 6.03. The molecule has 22 heavy (non-hydrogen) atoms. The molecular weight excluding hydrogens is 280 g/mol. The first-order valence-corrected chi connectivity index (χ1v) is 8.14. The Hall–Kier alpha value is -1.84. The van der Waals surface area contributed by atoms with Crippen LogP contribution in [-0.2, 0) is 11.2 Å². The van der Waals surface area contributed by atoms with Gasteiger partial charge in [-0.2, -0.15) is 0 Å². The summed E-state index contributed by atoms with van der Waals surface area (Å²) in [4.78, 5) is 23.7. The van der Waals surface area contributed by atoms with Crippen molar-refractivity contribution < 1.29 is 19.4 Å². The van der Waals surface area contributed by atoms with E-state index in [0.29, 0.717) is 18.6 Å². The molecule has 0 heterocycles. The topological polar surface area (TPSA) is 63.6 Å². The van der Waals surface area contributed by atoms with Crippen LogP contribution in [0.25, 0.3) is 0 Å². The summed E-state index contributed by atoms with van der Waals surface area (Å²) in [5, 5.41) is 9.45. The predicted octanol–water partition coefficient (Wildman–Crippen LogP) is 4.46. The van der Waals surface area contributed by atoms with Crippen molar-refractivity contribution in [1.29, 1.82) is 0 Å². The first kappa shape index (κ1) is 18.2. The Kier molecular flexibility index (Phi) is 8.26. The van der Waals surface area contributed by atoms with E-state index in [1.165, 1.54) is 6.07 Å². The Morgan fingerprint density at radius 1 is 1.05 bits per heavy atom. The molecule has 0 aliphatic rings. The molecule has 0 spiro atoms. The Morgan fingerprint density at radius 3 is 2.36 bits per heavy atom. The van der Waals surface area contributed by atoms with E-state index in [1.54, 1.807) is 12.1 Å². The van der Waals surface area contributed by atoms with E-state index in [2.05, 4.69) is 13.8 Å². The SMILES string of the molecule is CCCCCOC(=O)c1cccc(CCCCC)c1C(=O)O. The molecule has 0 aliphatic heterocycles. The Balaban J connectivity index is 2.86. The van der Waals surface area contributed by atoms with Gasteiger partial charge in [0.25, 0.3) is 0 Å². The number of benzene rings is 1. The zero-order valence-corrected chi connectivity index (χ0v) is 13.6. The molecule has 0 saturated heterocycles. The van der Waals surface area contributed by atoms with E-state index in [-0.39, 0.29) is 11.1 Å². The van der Waals surface area contributed by atoms with Crippen LogP contribution in [0.2, 0.25) is 0 Å². The Labute approximate surface area is 132 Å². The van der Waals surface area contributed by atoms with Gasteiger partial charge in [-0.1, -0.05) is 51.7 Å². The number of carboxylic acid groups (broad SMARTS) is 1. The smallest absolute Gasteiger partial charge is 0.339 e. The van der Waals surface area contributed by atoms with Crippen molar-refractivity contribution in [3.05, 3.63) is 34.9 Å². The minimum absolute atomic E-state index is 0.0964. The Morgan fingerprint density at radius 2 is 1.73 bits per heavy atom. The van der Waals surface area contributed by atoms with Gasteiger partial charge in [0.05, 0.1) is 17.7 Å². The minimum atomic E-state index is -1.06. The molecule has 0 unspecified atom stereocenters. The lowest BCUT2D eigenvalue weighted by molar-refractivity contribution is 0.0487. The van der Waals surface area contributed by atoms with Gasteiger partial charge in [0.1, 0.15) is 0 Å². The summed E-state index contributed by atoms with van der Waals surface area (Å²) in [6, 6.07) is 5.05. The third-order valence-electron chi connectivity index (χ3n) is 3.62. The lowest BCUT2D eigenvalue weighted by Crippen LogP contribution is -2.15. The standard InChI is InChI=1S/C18H26O4/c1-3-5-7-10-14-11-9-12-15(16(14)17(19)20)18(21)22-13-8-6-4-2/h9,11-12H,3-8,10,13H2,1-2H3,(H,19,20). The summed E-state index contributed by atoms with van der Waals surface area (Å²) in [7, 11) is 0. The van der Waals surface area contributed by atoms with Crippen LogP contribution >= 0.6 is 0 Å². The summed E-state index contributed by atoms with van der Waals surface area (Å²) in [6.07, 6.45) is 6.56. The van der Waals surface area contributed by atoms with E-state index in [1.807, 2.05) is 0 Å². The predicted molar refractivity (Wildman–Crippen MR) is 86.4 cm³/mol. The fraction of sp³-hybridized carbons (Fsp3) is 0.556. The molecule has 0 fully saturated rings. The highest BCUT2D eigenvalue weighted by atomic mass is 16.5. The van der Waals surface area contributed by atoms with Gasteiger partial charge in [-0.25, -0.2) is 9.59 Å². The van der Waals surface area contributed by atoms with E-state index in [0.717, 1.165) is 38.5 Å². The average molecular weight is 306 g/mol. The highest BCUT2D eigenvalue weighted by Gasteiger charge is 2.21. The number of unbranched alkanes of at least 4 members (excludes halogenated alkanes) is 4. The maximum Gasteiger partial charge on any atom is 0.339 e. The van der Waals surface area contributed by atoms with Crippen molar-refractivity contribution in [1.82, 2.24) is 0 Å². The minimum Gasteiger partial charge on any atom is -0.478 e. The summed E-state index contributed by atoms with van der Waals surface area (Å²) < 4.78 is 5.20. The molecule has 4 nitrogen and oxygen atoms in total. The van der Waals surface area contributed by atoms with E-state index >= 15 is 0 Å². The van der Waals surface area contributed by atoms with Crippen LogP contribution < -0.4 is 0 Å². The fourth-order valence-electron chi connectivity index (χ4n) is 2.39. The van der Waals surface area contributed by atoms with Gasteiger partial charge in [-0.3, -0.25) is 0 Å². The molecule has 0 radical (unpaired) electrons. The fourth-order valence-corrected chi connectivity index (χ4v) is 2.39. The number of carbonyl (C=O) groups excluding carboxylic acids is 1. The summed E-state index contributed by atoms with van der Waals surface area (Å²) in [5.74, 6) is -1.60. The van der Waals surface area contributed by atoms with Crippen LogP contribution in [0.15, 0.2) is 18.2 Å². The van der Waals surface area contributed by atoms with Gasteiger partial charge in [0.15, 0.2) is 0 Å². The molecule has 1 aromatic carbocycles. The lowest BCUT2D eigenvalue weighted by atomic mass is 9.96. The van der Waals surface area contributed by atoms with Crippen LogP contribution in [0.4, 0.5) is 0 Å². The maximum absolute atomic E-state index is 12.1. The first-order chi connectivity index (χ1) is 10.6. The average Bonchev–Trinajstić information content (AvgIpc) is 2.51. The van der Waals surface area contributed by atoms with Gasteiger partial charge in [0.2, 0.25) is 0 Å². The molecule has 1 rings (SSSR count). The Bertz CT molecular complexity index is 494. The maximum atomic E-state index is 12.1. The molecule has 0 atom stereocenters. The van der Waals surface area contributed by atoms with Crippen molar-refractivity contribution in [3.63, 3.8) is 0 Å². The number of aryl methyl sites for hydroxylation is 1. The molecule has 0 aromatic heterocycles. The molecule has 0 saturated carbocycles. The first-order valence-electron chi connectivity index (χ1n) is 8.14. The van der Waals surface area contributed by atoms with Gasteiger partial charge in [-0.05, 0) is 30.9 Å².